The predicted molar refractivity (Wildman–Crippen MR) is 67.7 cm³/mol. The molecule has 0 aromatic heterocycles. The van der Waals surface area contributed by atoms with Crippen LogP contribution in [0.1, 0.15) is 17.3 Å². The Morgan fingerprint density at radius 1 is 1.41 bits per heavy atom. The minimum atomic E-state index is -0.542. The molecule has 0 aliphatic carbocycles. The van der Waals surface area contributed by atoms with E-state index in [4.69, 9.17) is 9.47 Å². The lowest BCUT2D eigenvalue weighted by atomic mass is 10.2. The van der Waals surface area contributed by atoms with Crippen LogP contribution in [0.25, 0.3) is 0 Å². The van der Waals surface area contributed by atoms with Gasteiger partial charge in [-0.2, -0.15) is 0 Å². The zero-order valence-electron chi connectivity index (χ0n) is 9.56. The van der Waals surface area contributed by atoms with Gasteiger partial charge in [0.15, 0.2) is 0 Å². The molecule has 0 radical (unpaired) electrons. The average Bonchev–Trinajstić information content (AvgIpc) is 2.36. The molecular weight excluding hydrogens is 288 g/mol. The lowest BCUT2D eigenvalue weighted by Crippen LogP contribution is -2.18. The molecule has 1 aromatic carbocycles. The SMILES string of the molecule is CCOC(=O)c1ccc(OCC(O)CBr)cc1. The number of rotatable bonds is 6. The van der Waals surface area contributed by atoms with E-state index in [1.165, 1.54) is 0 Å². The third-order valence-corrected chi connectivity index (χ3v) is 2.73. The quantitative estimate of drug-likeness (QED) is 0.645. The topological polar surface area (TPSA) is 55.8 Å². The number of ether oxygens (including phenoxy) is 2. The Balaban J connectivity index is 2.53. The van der Waals surface area contributed by atoms with Crippen molar-refractivity contribution in [1.82, 2.24) is 0 Å². The Kier molecular flexibility index (Phi) is 6.00. The first-order valence-electron chi connectivity index (χ1n) is 5.31. The molecule has 0 fully saturated rings. The summed E-state index contributed by atoms with van der Waals surface area (Å²) < 4.78 is 10.2. The predicted octanol–water partition coefficient (Wildman–Crippen LogP) is 2.00. The van der Waals surface area contributed by atoms with Crippen LogP contribution < -0.4 is 4.74 Å². The van der Waals surface area contributed by atoms with Crippen molar-refractivity contribution in [3.8, 4) is 5.75 Å². The fourth-order valence-corrected chi connectivity index (χ4v) is 1.33. The molecular formula is C12H15BrO4. The van der Waals surface area contributed by atoms with Gasteiger partial charge in [0.25, 0.3) is 0 Å². The number of hydrogen-bond acceptors (Lipinski definition) is 4. The average molecular weight is 303 g/mol. The molecule has 17 heavy (non-hydrogen) atoms. The van der Waals surface area contributed by atoms with Gasteiger partial charge < -0.3 is 14.6 Å². The van der Waals surface area contributed by atoms with Crippen LogP contribution in [0.3, 0.4) is 0 Å². The van der Waals surface area contributed by atoms with Gasteiger partial charge in [-0.3, -0.25) is 0 Å². The molecule has 94 valence electrons. The number of alkyl halides is 1. The normalized spacial score (nSPS) is 11.9. The van der Waals surface area contributed by atoms with Crippen molar-refractivity contribution in [2.45, 2.75) is 13.0 Å². The fourth-order valence-electron chi connectivity index (χ4n) is 1.14. The number of halogens is 1. The van der Waals surface area contributed by atoms with Crippen LogP contribution in [0.5, 0.6) is 5.75 Å². The molecule has 1 unspecified atom stereocenters. The number of carbonyl (C=O) groups excluding carboxylic acids is 1. The van der Waals surface area contributed by atoms with Crippen LogP contribution in [0.4, 0.5) is 0 Å². The minimum Gasteiger partial charge on any atom is -0.491 e. The van der Waals surface area contributed by atoms with E-state index in [1.807, 2.05) is 0 Å². The van der Waals surface area contributed by atoms with Crippen LogP contribution >= 0.6 is 15.9 Å². The molecule has 0 amide bonds. The molecule has 0 heterocycles. The highest BCUT2D eigenvalue weighted by Crippen LogP contribution is 2.13. The zero-order valence-corrected chi connectivity index (χ0v) is 11.1. The maximum Gasteiger partial charge on any atom is 0.338 e. The number of benzene rings is 1. The molecule has 5 heteroatoms. The zero-order chi connectivity index (χ0) is 12.7. The van der Waals surface area contributed by atoms with Gasteiger partial charge in [-0.1, -0.05) is 15.9 Å². The molecule has 0 spiro atoms. The molecule has 0 saturated heterocycles. The molecule has 0 saturated carbocycles. The van der Waals surface area contributed by atoms with Gasteiger partial charge in [0.05, 0.1) is 18.3 Å². The van der Waals surface area contributed by atoms with Gasteiger partial charge in [0.1, 0.15) is 12.4 Å². The lowest BCUT2D eigenvalue weighted by molar-refractivity contribution is 0.0526. The minimum absolute atomic E-state index is 0.212. The summed E-state index contributed by atoms with van der Waals surface area (Å²) in [7, 11) is 0. The lowest BCUT2D eigenvalue weighted by Gasteiger charge is -2.09. The second-order valence-corrected chi connectivity index (χ2v) is 4.01. The van der Waals surface area contributed by atoms with E-state index >= 15 is 0 Å². The smallest absolute Gasteiger partial charge is 0.338 e. The van der Waals surface area contributed by atoms with E-state index < -0.39 is 6.10 Å². The Hall–Kier alpha value is -1.07. The summed E-state index contributed by atoms with van der Waals surface area (Å²) in [6, 6.07) is 6.61. The maximum atomic E-state index is 11.4. The van der Waals surface area contributed by atoms with Gasteiger partial charge in [-0.05, 0) is 31.2 Å². The summed E-state index contributed by atoms with van der Waals surface area (Å²) in [6.07, 6.45) is -0.542. The van der Waals surface area contributed by atoms with Crippen molar-refractivity contribution in [1.29, 1.82) is 0 Å². The number of esters is 1. The molecule has 0 aliphatic heterocycles. The van der Waals surface area contributed by atoms with E-state index in [-0.39, 0.29) is 12.6 Å². The van der Waals surface area contributed by atoms with Gasteiger partial charge in [-0.15, -0.1) is 0 Å². The van der Waals surface area contributed by atoms with Crippen molar-refractivity contribution in [2.75, 3.05) is 18.5 Å². The van der Waals surface area contributed by atoms with Crippen molar-refractivity contribution in [3.63, 3.8) is 0 Å². The fraction of sp³-hybridized carbons (Fsp3) is 0.417. The third kappa shape index (κ3) is 4.75. The van der Waals surface area contributed by atoms with Crippen LogP contribution in [0.15, 0.2) is 24.3 Å². The summed E-state index contributed by atoms with van der Waals surface area (Å²) in [5.41, 5.74) is 0.486. The van der Waals surface area contributed by atoms with E-state index in [0.29, 0.717) is 23.2 Å². The molecule has 1 atom stereocenters. The first kappa shape index (κ1) is 14.0. The first-order chi connectivity index (χ1) is 8.17. The Morgan fingerprint density at radius 2 is 2.06 bits per heavy atom. The van der Waals surface area contributed by atoms with E-state index in [0.717, 1.165) is 0 Å². The van der Waals surface area contributed by atoms with E-state index in [1.54, 1.807) is 31.2 Å². The summed E-state index contributed by atoms with van der Waals surface area (Å²) in [4.78, 5) is 11.4. The maximum absolute atomic E-state index is 11.4. The summed E-state index contributed by atoms with van der Waals surface area (Å²) in [5.74, 6) is 0.262. The Morgan fingerprint density at radius 3 is 2.59 bits per heavy atom. The van der Waals surface area contributed by atoms with Crippen LogP contribution in [-0.2, 0) is 4.74 Å². The molecule has 1 N–H and O–H groups in total. The standard InChI is InChI=1S/C12H15BrO4/c1-2-16-12(15)9-3-5-11(6-4-9)17-8-10(14)7-13/h3-6,10,14H,2,7-8H2,1H3. The number of aliphatic hydroxyl groups is 1. The number of aliphatic hydroxyl groups excluding tert-OH is 1. The van der Waals surface area contributed by atoms with Gasteiger partial charge in [-0.25, -0.2) is 4.79 Å². The molecule has 0 bridgehead atoms. The Labute approximate surface area is 109 Å². The summed E-state index contributed by atoms with van der Waals surface area (Å²) in [6.45, 7) is 2.33. The van der Waals surface area contributed by atoms with Crippen molar-refractivity contribution in [3.05, 3.63) is 29.8 Å². The van der Waals surface area contributed by atoms with Gasteiger partial charge in [0, 0.05) is 5.33 Å². The van der Waals surface area contributed by atoms with Crippen molar-refractivity contribution >= 4 is 21.9 Å². The van der Waals surface area contributed by atoms with Gasteiger partial charge in [0.2, 0.25) is 0 Å². The van der Waals surface area contributed by atoms with Crippen LogP contribution in [0, 0.1) is 0 Å². The largest absolute Gasteiger partial charge is 0.491 e. The second kappa shape index (κ2) is 7.29. The number of hydrogen-bond donors (Lipinski definition) is 1. The van der Waals surface area contributed by atoms with Gasteiger partial charge >= 0.3 is 5.97 Å². The second-order valence-electron chi connectivity index (χ2n) is 3.36. The molecule has 0 aliphatic rings. The highest BCUT2D eigenvalue weighted by molar-refractivity contribution is 9.09. The Bertz CT molecular complexity index is 350. The third-order valence-electron chi connectivity index (χ3n) is 1.99. The summed E-state index contributed by atoms with van der Waals surface area (Å²) in [5, 5.41) is 9.75. The highest BCUT2D eigenvalue weighted by atomic mass is 79.9. The summed E-state index contributed by atoms with van der Waals surface area (Å²) >= 11 is 3.15. The van der Waals surface area contributed by atoms with Crippen molar-refractivity contribution < 1.29 is 19.4 Å². The van der Waals surface area contributed by atoms with Crippen LogP contribution in [-0.4, -0.2) is 35.7 Å². The first-order valence-corrected chi connectivity index (χ1v) is 6.43. The van der Waals surface area contributed by atoms with Crippen LogP contribution in [0.2, 0.25) is 0 Å². The molecule has 1 aromatic rings. The number of carbonyl (C=O) groups is 1. The molecule has 4 nitrogen and oxygen atoms in total. The molecule has 1 rings (SSSR count). The highest BCUT2D eigenvalue weighted by Gasteiger charge is 2.07. The van der Waals surface area contributed by atoms with E-state index in [2.05, 4.69) is 15.9 Å². The monoisotopic (exact) mass is 302 g/mol. The van der Waals surface area contributed by atoms with E-state index in [9.17, 15) is 9.90 Å². The van der Waals surface area contributed by atoms with Crippen molar-refractivity contribution in [2.24, 2.45) is 0 Å².